The number of nitrogens with one attached hydrogen (secondary N) is 2. The third-order valence-corrected chi connectivity index (χ3v) is 3.26. The molecule has 1 aromatic heterocycles. The fourth-order valence-corrected chi connectivity index (χ4v) is 2.17. The number of hydrogen-bond acceptors (Lipinski definition) is 2. The number of rotatable bonds is 3. The topological polar surface area (TPSA) is 78.5 Å². The lowest BCUT2D eigenvalue weighted by molar-refractivity contribution is 0.628. The summed E-state index contributed by atoms with van der Waals surface area (Å²) >= 11 is 0. The third kappa shape index (κ3) is 2.53. The molecule has 0 unspecified atom stereocenters. The van der Waals surface area contributed by atoms with Crippen LogP contribution in [0.1, 0.15) is 5.56 Å². The molecule has 21 heavy (non-hydrogen) atoms. The number of hydrogen-bond donors (Lipinski definition) is 3. The summed E-state index contributed by atoms with van der Waals surface area (Å²) in [6.07, 6.45) is 1.79. The number of benzene rings is 2. The van der Waals surface area contributed by atoms with Gasteiger partial charge in [0.05, 0.1) is 5.69 Å². The summed E-state index contributed by atoms with van der Waals surface area (Å²) in [6, 6.07) is 13.6. The zero-order valence-corrected chi connectivity index (χ0v) is 11.1. The molecular weight excluding hydrogens is 267 g/mol. The van der Waals surface area contributed by atoms with Crippen molar-refractivity contribution in [1.82, 2.24) is 10.2 Å². The van der Waals surface area contributed by atoms with E-state index in [1.54, 1.807) is 30.5 Å². The van der Waals surface area contributed by atoms with E-state index >= 15 is 0 Å². The second-order valence-corrected chi connectivity index (χ2v) is 4.65. The first-order valence-electron chi connectivity index (χ1n) is 6.39. The van der Waals surface area contributed by atoms with Gasteiger partial charge in [0.2, 0.25) is 0 Å². The van der Waals surface area contributed by atoms with Crippen molar-refractivity contribution in [2.24, 2.45) is 5.73 Å². The fourth-order valence-electron chi connectivity index (χ4n) is 2.17. The lowest BCUT2D eigenvalue weighted by atomic mass is 10.0. The molecule has 0 fully saturated rings. The maximum atomic E-state index is 13.0. The zero-order chi connectivity index (χ0) is 14.8. The minimum absolute atomic E-state index is 0.0347. The molecule has 0 atom stereocenters. The molecule has 0 radical (unpaired) electrons. The maximum absolute atomic E-state index is 13.0. The maximum Gasteiger partial charge on any atom is 0.123 e. The van der Waals surface area contributed by atoms with Gasteiger partial charge in [-0.25, -0.2) is 4.39 Å². The van der Waals surface area contributed by atoms with Gasteiger partial charge in [0.1, 0.15) is 11.7 Å². The highest BCUT2D eigenvalue weighted by Gasteiger charge is 2.10. The van der Waals surface area contributed by atoms with Crippen molar-refractivity contribution < 1.29 is 4.39 Å². The van der Waals surface area contributed by atoms with Crippen LogP contribution < -0.4 is 5.73 Å². The van der Waals surface area contributed by atoms with Crippen LogP contribution in [0, 0.1) is 11.2 Å². The Morgan fingerprint density at radius 1 is 1.00 bits per heavy atom. The molecule has 0 amide bonds. The highest BCUT2D eigenvalue weighted by atomic mass is 19.1. The molecule has 0 aliphatic heterocycles. The van der Waals surface area contributed by atoms with Crippen molar-refractivity contribution in [3.05, 3.63) is 66.1 Å². The van der Waals surface area contributed by atoms with Crippen molar-refractivity contribution in [3.63, 3.8) is 0 Å². The number of aromatic amines is 1. The Labute approximate surface area is 120 Å². The van der Waals surface area contributed by atoms with Crippen LogP contribution in [0.3, 0.4) is 0 Å². The quantitative estimate of drug-likeness (QED) is 0.509. The molecule has 1 heterocycles. The molecule has 0 aliphatic rings. The van der Waals surface area contributed by atoms with Crippen LogP contribution in [0.25, 0.3) is 22.4 Å². The van der Waals surface area contributed by atoms with Crippen molar-refractivity contribution in [3.8, 4) is 22.4 Å². The summed E-state index contributed by atoms with van der Waals surface area (Å²) in [7, 11) is 0. The van der Waals surface area contributed by atoms with Gasteiger partial charge in [-0.3, -0.25) is 10.5 Å². The first-order chi connectivity index (χ1) is 10.1. The average Bonchev–Trinajstić information content (AvgIpc) is 2.97. The Morgan fingerprint density at radius 2 is 1.62 bits per heavy atom. The fraction of sp³-hybridized carbons (Fsp3) is 0. The highest BCUT2D eigenvalue weighted by Crippen LogP contribution is 2.30. The smallest absolute Gasteiger partial charge is 0.123 e. The first-order valence-corrected chi connectivity index (χ1v) is 6.39. The summed E-state index contributed by atoms with van der Waals surface area (Å²) < 4.78 is 13.0. The van der Waals surface area contributed by atoms with E-state index in [4.69, 9.17) is 11.1 Å². The van der Waals surface area contributed by atoms with Gasteiger partial charge < -0.3 is 5.73 Å². The van der Waals surface area contributed by atoms with Crippen LogP contribution in [-0.4, -0.2) is 16.0 Å². The molecule has 0 aliphatic carbocycles. The average molecular weight is 280 g/mol. The molecule has 0 spiro atoms. The summed E-state index contributed by atoms with van der Waals surface area (Å²) in [5, 5.41) is 14.5. The van der Waals surface area contributed by atoms with Gasteiger partial charge in [-0.2, -0.15) is 5.10 Å². The molecule has 2 aromatic carbocycles. The predicted molar refractivity (Wildman–Crippen MR) is 80.4 cm³/mol. The lowest BCUT2D eigenvalue weighted by Gasteiger charge is -2.04. The Bertz CT molecular complexity index is 773. The van der Waals surface area contributed by atoms with Gasteiger partial charge in [-0.15, -0.1) is 0 Å². The number of amidine groups is 1. The molecule has 3 rings (SSSR count). The van der Waals surface area contributed by atoms with Gasteiger partial charge in [-0.05, 0) is 29.8 Å². The van der Waals surface area contributed by atoms with Crippen molar-refractivity contribution in [2.75, 3.05) is 0 Å². The standard InChI is InChI=1S/C16H13FN4/c17-13-7-5-11(6-8-13)15-14(9-20-21-15)10-1-3-12(4-2-10)16(18)19/h1-9H,(H3,18,19)(H,20,21). The van der Waals surface area contributed by atoms with E-state index < -0.39 is 0 Å². The molecule has 4 N–H and O–H groups in total. The number of nitrogens with two attached hydrogens (primary N) is 1. The van der Waals surface area contributed by atoms with Crippen LogP contribution in [0.5, 0.6) is 0 Å². The minimum atomic E-state index is -0.276. The Morgan fingerprint density at radius 3 is 2.24 bits per heavy atom. The number of nitrogen functional groups attached to an aromatic ring is 1. The third-order valence-electron chi connectivity index (χ3n) is 3.26. The van der Waals surface area contributed by atoms with Crippen molar-refractivity contribution in [2.45, 2.75) is 0 Å². The Kier molecular flexibility index (Phi) is 3.23. The van der Waals surface area contributed by atoms with E-state index in [9.17, 15) is 4.39 Å². The van der Waals surface area contributed by atoms with E-state index in [-0.39, 0.29) is 11.7 Å². The van der Waals surface area contributed by atoms with Crippen molar-refractivity contribution >= 4 is 5.84 Å². The van der Waals surface area contributed by atoms with Crippen LogP contribution in [0.4, 0.5) is 4.39 Å². The second kappa shape index (κ2) is 5.20. The molecule has 0 saturated carbocycles. The van der Waals surface area contributed by atoms with Crippen LogP contribution in [-0.2, 0) is 0 Å². The molecule has 5 heteroatoms. The summed E-state index contributed by atoms with van der Waals surface area (Å²) in [5.74, 6) is -0.242. The molecule has 0 saturated heterocycles. The van der Waals surface area contributed by atoms with Gasteiger partial charge in [0, 0.05) is 22.9 Å². The van der Waals surface area contributed by atoms with Gasteiger partial charge >= 0.3 is 0 Å². The minimum Gasteiger partial charge on any atom is -0.384 e. The number of H-pyrrole nitrogens is 1. The summed E-state index contributed by atoms with van der Waals surface area (Å²) in [4.78, 5) is 0. The van der Waals surface area contributed by atoms with Crippen molar-refractivity contribution in [1.29, 1.82) is 5.41 Å². The van der Waals surface area contributed by atoms with E-state index in [0.29, 0.717) is 5.56 Å². The SMILES string of the molecule is N=C(N)c1ccc(-c2c[nH]nc2-c2ccc(F)cc2)cc1. The molecule has 3 aromatic rings. The molecule has 104 valence electrons. The van der Waals surface area contributed by atoms with Gasteiger partial charge in [0.15, 0.2) is 0 Å². The molecular formula is C16H13FN4. The predicted octanol–water partition coefficient (Wildman–Crippen LogP) is 3.17. The van der Waals surface area contributed by atoms with E-state index in [1.165, 1.54) is 12.1 Å². The summed E-state index contributed by atoms with van der Waals surface area (Å²) in [6.45, 7) is 0. The van der Waals surface area contributed by atoms with Gasteiger partial charge in [-0.1, -0.05) is 24.3 Å². The number of nitrogens with zero attached hydrogens (tertiary/aromatic N) is 1. The number of halogens is 1. The van der Waals surface area contributed by atoms with Crippen LogP contribution in [0.2, 0.25) is 0 Å². The van der Waals surface area contributed by atoms with Crippen LogP contribution >= 0.6 is 0 Å². The van der Waals surface area contributed by atoms with Crippen LogP contribution in [0.15, 0.2) is 54.7 Å². The monoisotopic (exact) mass is 280 g/mol. The van der Waals surface area contributed by atoms with E-state index in [0.717, 1.165) is 22.4 Å². The largest absolute Gasteiger partial charge is 0.384 e. The highest BCUT2D eigenvalue weighted by molar-refractivity contribution is 5.95. The second-order valence-electron chi connectivity index (χ2n) is 4.65. The number of aromatic nitrogens is 2. The van der Waals surface area contributed by atoms with E-state index in [2.05, 4.69) is 10.2 Å². The Balaban J connectivity index is 2.02. The van der Waals surface area contributed by atoms with E-state index in [1.807, 2.05) is 12.1 Å². The van der Waals surface area contributed by atoms with Gasteiger partial charge in [0.25, 0.3) is 0 Å². The normalized spacial score (nSPS) is 10.5. The summed E-state index contributed by atoms with van der Waals surface area (Å²) in [5.41, 5.74) is 9.58. The molecule has 4 nitrogen and oxygen atoms in total. The first kappa shape index (κ1) is 13.1. The molecule has 0 bridgehead atoms. The lowest BCUT2D eigenvalue weighted by Crippen LogP contribution is -2.10. The zero-order valence-electron chi connectivity index (χ0n) is 11.1. The Hall–Kier alpha value is -2.95.